The molecule has 0 spiro atoms. The molecule has 92 valence electrons. The lowest BCUT2D eigenvalue weighted by molar-refractivity contribution is -0.122. The minimum Gasteiger partial charge on any atom is -0.355 e. The second-order valence-electron chi connectivity index (χ2n) is 5.08. The van der Waals surface area contributed by atoms with Gasteiger partial charge in [-0.05, 0) is 24.3 Å². The van der Waals surface area contributed by atoms with Gasteiger partial charge in [-0.1, -0.05) is 44.2 Å². The summed E-state index contributed by atoms with van der Waals surface area (Å²) in [6.07, 6.45) is 2.12. The molecule has 0 heterocycles. The van der Waals surface area contributed by atoms with Gasteiger partial charge in [-0.2, -0.15) is 0 Å². The maximum absolute atomic E-state index is 11.8. The SMILES string of the molecule is CCC(CNC(=O)C1CC1C)c1ccccc1. The largest absolute Gasteiger partial charge is 0.355 e. The Labute approximate surface area is 103 Å². The van der Waals surface area contributed by atoms with Crippen LogP contribution in [-0.2, 0) is 4.79 Å². The summed E-state index contributed by atoms with van der Waals surface area (Å²) < 4.78 is 0. The van der Waals surface area contributed by atoms with Gasteiger partial charge in [-0.15, -0.1) is 0 Å². The summed E-state index contributed by atoms with van der Waals surface area (Å²) in [6, 6.07) is 10.4. The molecule has 1 aromatic carbocycles. The maximum Gasteiger partial charge on any atom is 0.223 e. The molecule has 0 radical (unpaired) electrons. The number of nitrogens with one attached hydrogen (secondary N) is 1. The fraction of sp³-hybridized carbons (Fsp3) is 0.533. The van der Waals surface area contributed by atoms with Crippen molar-refractivity contribution in [3.05, 3.63) is 35.9 Å². The fourth-order valence-corrected chi connectivity index (χ4v) is 2.27. The van der Waals surface area contributed by atoms with Gasteiger partial charge in [0.05, 0.1) is 0 Å². The molecule has 3 atom stereocenters. The van der Waals surface area contributed by atoms with Gasteiger partial charge in [-0.25, -0.2) is 0 Å². The van der Waals surface area contributed by atoms with Crippen molar-refractivity contribution >= 4 is 5.91 Å². The average molecular weight is 231 g/mol. The van der Waals surface area contributed by atoms with E-state index in [1.54, 1.807) is 0 Å². The zero-order valence-corrected chi connectivity index (χ0v) is 10.6. The van der Waals surface area contributed by atoms with Crippen molar-refractivity contribution in [3.8, 4) is 0 Å². The number of hydrogen-bond acceptors (Lipinski definition) is 1. The van der Waals surface area contributed by atoms with Crippen LogP contribution >= 0.6 is 0 Å². The Kier molecular flexibility index (Phi) is 3.82. The van der Waals surface area contributed by atoms with E-state index in [0.29, 0.717) is 11.8 Å². The number of carbonyl (C=O) groups excluding carboxylic acids is 1. The van der Waals surface area contributed by atoms with Crippen LogP contribution in [0.1, 0.15) is 38.2 Å². The van der Waals surface area contributed by atoms with E-state index in [1.807, 2.05) is 6.07 Å². The van der Waals surface area contributed by atoms with Crippen LogP contribution in [0.25, 0.3) is 0 Å². The molecule has 1 saturated carbocycles. The second-order valence-corrected chi connectivity index (χ2v) is 5.08. The third-order valence-corrected chi connectivity index (χ3v) is 3.73. The molecule has 1 aliphatic carbocycles. The second kappa shape index (κ2) is 5.35. The number of carbonyl (C=O) groups is 1. The van der Waals surface area contributed by atoms with Crippen LogP contribution < -0.4 is 5.32 Å². The van der Waals surface area contributed by atoms with Crippen molar-refractivity contribution < 1.29 is 4.79 Å². The molecule has 1 fully saturated rings. The highest BCUT2D eigenvalue weighted by atomic mass is 16.2. The van der Waals surface area contributed by atoms with Crippen molar-refractivity contribution in [2.45, 2.75) is 32.6 Å². The quantitative estimate of drug-likeness (QED) is 0.829. The number of benzene rings is 1. The summed E-state index contributed by atoms with van der Waals surface area (Å²) >= 11 is 0. The van der Waals surface area contributed by atoms with Crippen molar-refractivity contribution in [2.24, 2.45) is 11.8 Å². The van der Waals surface area contributed by atoms with Gasteiger partial charge in [-0.3, -0.25) is 4.79 Å². The number of rotatable bonds is 5. The molecule has 3 unspecified atom stereocenters. The number of amides is 1. The summed E-state index contributed by atoms with van der Waals surface area (Å²) in [5, 5.41) is 3.09. The molecule has 0 saturated heterocycles. The summed E-state index contributed by atoms with van der Waals surface area (Å²) in [5.74, 6) is 1.55. The topological polar surface area (TPSA) is 29.1 Å². The Bertz CT molecular complexity index is 374. The molecule has 1 amide bonds. The van der Waals surface area contributed by atoms with E-state index in [-0.39, 0.29) is 11.8 Å². The van der Waals surface area contributed by atoms with Crippen molar-refractivity contribution in [1.29, 1.82) is 0 Å². The van der Waals surface area contributed by atoms with Crippen LogP contribution in [0.3, 0.4) is 0 Å². The van der Waals surface area contributed by atoms with Crippen LogP contribution in [0.15, 0.2) is 30.3 Å². The standard InChI is InChI=1S/C15H21NO/c1-3-12(13-7-5-4-6-8-13)10-16-15(17)14-9-11(14)2/h4-8,11-12,14H,3,9-10H2,1-2H3,(H,16,17). The predicted octanol–water partition coefficient (Wildman–Crippen LogP) is 2.95. The maximum atomic E-state index is 11.8. The highest BCUT2D eigenvalue weighted by Gasteiger charge is 2.38. The normalized spacial score (nSPS) is 24.1. The summed E-state index contributed by atoms with van der Waals surface area (Å²) in [6.45, 7) is 5.07. The Balaban J connectivity index is 1.86. The lowest BCUT2D eigenvalue weighted by Crippen LogP contribution is -2.29. The van der Waals surface area contributed by atoms with E-state index in [2.05, 4.69) is 43.4 Å². The van der Waals surface area contributed by atoms with Gasteiger partial charge in [0.2, 0.25) is 5.91 Å². The zero-order chi connectivity index (χ0) is 12.3. The molecule has 0 bridgehead atoms. The first-order valence-electron chi connectivity index (χ1n) is 6.55. The van der Waals surface area contributed by atoms with Gasteiger partial charge < -0.3 is 5.32 Å². The van der Waals surface area contributed by atoms with Crippen LogP contribution in [0.4, 0.5) is 0 Å². The average Bonchev–Trinajstić information content (AvgIpc) is 3.08. The van der Waals surface area contributed by atoms with Gasteiger partial charge in [0.25, 0.3) is 0 Å². The first-order chi connectivity index (χ1) is 8.22. The molecule has 0 aromatic heterocycles. The van der Waals surface area contributed by atoms with Gasteiger partial charge in [0.15, 0.2) is 0 Å². The first-order valence-corrected chi connectivity index (χ1v) is 6.55. The van der Waals surface area contributed by atoms with Crippen LogP contribution in [0, 0.1) is 11.8 Å². The molecule has 0 aliphatic heterocycles. The minimum absolute atomic E-state index is 0.242. The van der Waals surface area contributed by atoms with Crippen LogP contribution in [0.2, 0.25) is 0 Å². The molecule has 1 aliphatic rings. The Morgan fingerprint density at radius 2 is 2.06 bits per heavy atom. The van der Waals surface area contributed by atoms with Crippen molar-refractivity contribution in [2.75, 3.05) is 6.54 Å². The molecule has 2 heteroatoms. The molecular formula is C15H21NO. The molecule has 17 heavy (non-hydrogen) atoms. The van der Waals surface area contributed by atoms with Gasteiger partial charge in [0.1, 0.15) is 0 Å². The molecule has 2 nitrogen and oxygen atoms in total. The highest BCUT2D eigenvalue weighted by molar-refractivity contribution is 5.81. The van der Waals surface area contributed by atoms with E-state index in [4.69, 9.17) is 0 Å². The van der Waals surface area contributed by atoms with Gasteiger partial charge in [0, 0.05) is 18.4 Å². The van der Waals surface area contributed by atoms with Crippen LogP contribution in [0.5, 0.6) is 0 Å². The lowest BCUT2D eigenvalue weighted by atomic mass is 9.96. The molecule has 1 N–H and O–H groups in total. The highest BCUT2D eigenvalue weighted by Crippen LogP contribution is 2.37. The third kappa shape index (κ3) is 3.09. The fourth-order valence-electron chi connectivity index (χ4n) is 2.27. The van der Waals surface area contributed by atoms with E-state index < -0.39 is 0 Å². The monoisotopic (exact) mass is 231 g/mol. The Hall–Kier alpha value is -1.31. The minimum atomic E-state index is 0.242. The Morgan fingerprint density at radius 1 is 1.41 bits per heavy atom. The van der Waals surface area contributed by atoms with Gasteiger partial charge >= 0.3 is 0 Å². The Morgan fingerprint density at radius 3 is 2.59 bits per heavy atom. The van der Waals surface area contributed by atoms with E-state index in [9.17, 15) is 4.79 Å². The summed E-state index contributed by atoms with van der Waals surface area (Å²) in [7, 11) is 0. The summed E-state index contributed by atoms with van der Waals surface area (Å²) in [4.78, 5) is 11.8. The predicted molar refractivity (Wildman–Crippen MR) is 69.8 cm³/mol. The first kappa shape index (κ1) is 12.2. The molecule has 1 aromatic rings. The number of hydrogen-bond donors (Lipinski definition) is 1. The molecular weight excluding hydrogens is 210 g/mol. The van der Waals surface area contributed by atoms with E-state index in [0.717, 1.165) is 19.4 Å². The van der Waals surface area contributed by atoms with E-state index in [1.165, 1.54) is 5.56 Å². The van der Waals surface area contributed by atoms with Crippen LogP contribution in [-0.4, -0.2) is 12.5 Å². The summed E-state index contributed by atoms with van der Waals surface area (Å²) in [5.41, 5.74) is 1.32. The van der Waals surface area contributed by atoms with E-state index >= 15 is 0 Å². The van der Waals surface area contributed by atoms with Crippen molar-refractivity contribution in [3.63, 3.8) is 0 Å². The zero-order valence-electron chi connectivity index (χ0n) is 10.6. The molecule has 2 rings (SSSR count). The smallest absolute Gasteiger partial charge is 0.223 e. The lowest BCUT2D eigenvalue weighted by Gasteiger charge is -2.16. The third-order valence-electron chi connectivity index (χ3n) is 3.73. The van der Waals surface area contributed by atoms with Crippen molar-refractivity contribution in [1.82, 2.24) is 5.32 Å².